The molecule has 0 aliphatic carbocycles. The Labute approximate surface area is 156 Å². The van der Waals surface area contributed by atoms with Gasteiger partial charge in [0.25, 0.3) is 0 Å². The van der Waals surface area contributed by atoms with Crippen LogP contribution in [-0.4, -0.2) is 36.2 Å². The molecule has 0 aromatic heterocycles. The van der Waals surface area contributed by atoms with Gasteiger partial charge in [-0.1, -0.05) is 35.3 Å². The lowest BCUT2D eigenvalue weighted by Gasteiger charge is -2.28. The number of amides is 2. The molecule has 2 amide bonds. The van der Waals surface area contributed by atoms with Crippen LogP contribution < -0.4 is 9.64 Å². The SMILES string of the molecule is COc1cccc([C@H]2N(c3ccc(Cl)c(Cl)c3)C(=O)N3CCCN23)c1. The van der Waals surface area contributed by atoms with Gasteiger partial charge < -0.3 is 4.74 Å². The number of benzene rings is 2. The van der Waals surface area contributed by atoms with E-state index in [1.165, 1.54) is 0 Å². The molecule has 1 atom stereocenters. The first-order valence-corrected chi connectivity index (χ1v) is 8.82. The first kappa shape index (κ1) is 16.5. The predicted molar refractivity (Wildman–Crippen MR) is 98.1 cm³/mol. The molecule has 25 heavy (non-hydrogen) atoms. The monoisotopic (exact) mass is 377 g/mol. The molecule has 2 aliphatic rings. The second kappa shape index (κ2) is 6.41. The van der Waals surface area contributed by atoms with E-state index in [4.69, 9.17) is 27.9 Å². The lowest BCUT2D eigenvalue weighted by molar-refractivity contribution is 0.0727. The van der Waals surface area contributed by atoms with E-state index >= 15 is 0 Å². The molecule has 2 aromatic carbocycles. The quantitative estimate of drug-likeness (QED) is 0.786. The molecule has 5 nitrogen and oxygen atoms in total. The van der Waals surface area contributed by atoms with Crippen LogP contribution in [0, 0.1) is 0 Å². The highest BCUT2D eigenvalue weighted by Gasteiger charge is 2.47. The highest BCUT2D eigenvalue weighted by molar-refractivity contribution is 6.42. The van der Waals surface area contributed by atoms with Gasteiger partial charge in [0.1, 0.15) is 11.9 Å². The van der Waals surface area contributed by atoms with Gasteiger partial charge in [-0.25, -0.2) is 4.79 Å². The Morgan fingerprint density at radius 1 is 1.08 bits per heavy atom. The zero-order chi connectivity index (χ0) is 17.6. The van der Waals surface area contributed by atoms with Gasteiger partial charge >= 0.3 is 6.03 Å². The van der Waals surface area contributed by atoms with Crippen molar-refractivity contribution in [3.05, 3.63) is 58.1 Å². The van der Waals surface area contributed by atoms with Crippen LogP contribution in [0.3, 0.4) is 0 Å². The van der Waals surface area contributed by atoms with Gasteiger partial charge in [0, 0.05) is 18.8 Å². The number of halogens is 2. The minimum Gasteiger partial charge on any atom is -0.497 e. The van der Waals surface area contributed by atoms with E-state index in [1.54, 1.807) is 29.2 Å². The molecule has 0 spiro atoms. The highest BCUT2D eigenvalue weighted by Crippen LogP contribution is 2.42. The Kier molecular flexibility index (Phi) is 4.23. The Balaban J connectivity index is 1.81. The lowest BCUT2D eigenvalue weighted by atomic mass is 10.1. The first-order valence-electron chi connectivity index (χ1n) is 8.06. The topological polar surface area (TPSA) is 36.0 Å². The van der Waals surface area contributed by atoms with Crippen LogP contribution in [0.4, 0.5) is 10.5 Å². The number of urea groups is 1. The zero-order valence-electron chi connectivity index (χ0n) is 13.7. The molecule has 0 bridgehead atoms. The smallest absolute Gasteiger partial charge is 0.340 e. The summed E-state index contributed by atoms with van der Waals surface area (Å²) in [4.78, 5) is 14.8. The maximum Gasteiger partial charge on any atom is 0.340 e. The average Bonchev–Trinajstić information content (AvgIpc) is 3.20. The second-order valence-corrected chi connectivity index (χ2v) is 6.86. The Bertz CT molecular complexity index is 830. The van der Waals surface area contributed by atoms with Crippen molar-refractivity contribution in [1.29, 1.82) is 0 Å². The summed E-state index contributed by atoms with van der Waals surface area (Å²) in [6, 6.07) is 13.0. The van der Waals surface area contributed by atoms with Crippen LogP contribution in [-0.2, 0) is 0 Å². The van der Waals surface area contributed by atoms with Crippen LogP contribution in [0.15, 0.2) is 42.5 Å². The molecule has 7 heteroatoms. The number of rotatable bonds is 3. The number of anilines is 1. The summed E-state index contributed by atoms with van der Waals surface area (Å²) in [6.45, 7) is 1.54. The van der Waals surface area contributed by atoms with Gasteiger partial charge in [0.05, 0.1) is 17.2 Å². The number of methoxy groups -OCH3 is 1. The van der Waals surface area contributed by atoms with Crippen molar-refractivity contribution in [1.82, 2.24) is 10.0 Å². The fraction of sp³-hybridized carbons (Fsp3) is 0.278. The normalized spacial score (nSPS) is 20.3. The van der Waals surface area contributed by atoms with Crippen molar-refractivity contribution in [2.24, 2.45) is 0 Å². The summed E-state index contributed by atoms with van der Waals surface area (Å²) in [5.74, 6) is 0.761. The van der Waals surface area contributed by atoms with Crippen LogP contribution in [0.2, 0.25) is 10.0 Å². The fourth-order valence-corrected chi connectivity index (χ4v) is 3.76. The van der Waals surface area contributed by atoms with E-state index in [2.05, 4.69) is 5.01 Å². The van der Waals surface area contributed by atoms with Gasteiger partial charge in [-0.15, -0.1) is 0 Å². The van der Waals surface area contributed by atoms with Crippen molar-refractivity contribution in [2.75, 3.05) is 25.1 Å². The van der Waals surface area contributed by atoms with E-state index in [9.17, 15) is 4.79 Å². The molecule has 2 heterocycles. The Morgan fingerprint density at radius 3 is 2.68 bits per heavy atom. The van der Waals surface area contributed by atoms with Gasteiger partial charge in [0.15, 0.2) is 0 Å². The maximum absolute atomic E-state index is 13.0. The number of ether oxygens (including phenoxy) is 1. The van der Waals surface area contributed by atoms with Gasteiger partial charge in [-0.05, 0) is 42.3 Å². The van der Waals surface area contributed by atoms with Crippen molar-refractivity contribution in [3.8, 4) is 5.75 Å². The molecule has 4 rings (SSSR count). The summed E-state index contributed by atoms with van der Waals surface area (Å²) in [7, 11) is 1.64. The Morgan fingerprint density at radius 2 is 1.92 bits per heavy atom. The third-order valence-electron chi connectivity index (χ3n) is 4.59. The van der Waals surface area contributed by atoms with Crippen molar-refractivity contribution >= 4 is 34.9 Å². The number of nitrogens with zero attached hydrogens (tertiary/aromatic N) is 3. The first-order chi connectivity index (χ1) is 12.1. The summed E-state index contributed by atoms with van der Waals surface area (Å²) in [6.07, 6.45) is 0.726. The molecular weight excluding hydrogens is 361 g/mol. The van der Waals surface area contributed by atoms with Crippen LogP contribution >= 0.6 is 23.2 Å². The molecule has 2 fully saturated rings. The number of hydrogen-bond donors (Lipinski definition) is 0. The predicted octanol–water partition coefficient (Wildman–Crippen LogP) is 4.56. The number of hydrazine groups is 1. The minimum atomic E-state index is -0.234. The maximum atomic E-state index is 13.0. The molecule has 0 radical (unpaired) electrons. The number of carbonyl (C=O) groups is 1. The number of carbonyl (C=O) groups excluding carboxylic acids is 1. The van der Waals surface area contributed by atoms with Crippen LogP contribution in [0.5, 0.6) is 5.75 Å². The zero-order valence-corrected chi connectivity index (χ0v) is 15.2. The largest absolute Gasteiger partial charge is 0.497 e. The average molecular weight is 378 g/mol. The van der Waals surface area contributed by atoms with Gasteiger partial charge in [-0.2, -0.15) is 5.01 Å². The van der Waals surface area contributed by atoms with E-state index in [0.29, 0.717) is 10.0 Å². The second-order valence-electron chi connectivity index (χ2n) is 6.04. The molecule has 2 aromatic rings. The fourth-order valence-electron chi connectivity index (χ4n) is 3.46. The highest BCUT2D eigenvalue weighted by atomic mass is 35.5. The molecule has 0 N–H and O–H groups in total. The summed E-state index contributed by atoms with van der Waals surface area (Å²) < 4.78 is 5.35. The molecule has 0 unspecified atom stereocenters. The third-order valence-corrected chi connectivity index (χ3v) is 5.33. The van der Waals surface area contributed by atoms with E-state index in [-0.39, 0.29) is 12.2 Å². The molecule has 2 aliphatic heterocycles. The molecular formula is C18H17Cl2N3O2. The number of hydrogen-bond acceptors (Lipinski definition) is 3. The summed E-state index contributed by atoms with van der Waals surface area (Å²) in [5, 5.41) is 4.79. The molecule has 2 saturated heterocycles. The number of fused-ring (bicyclic) bond motifs is 1. The Hall–Kier alpha value is -1.95. The van der Waals surface area contributed by atoms with Crippen LogP contribution in [0.1, 0.15) is 18.2 Å². The van der Waals surface area contributed by atoms with Crippen molar-refractivity contribution in [3.63, 3.8) is 0 Å². The van der Waals surface area contributed by atoms with Gasteiger partial charge in [-0.3, -0.25) is 9.91 Å². The van der Waals surface area contributed by atoms with E-state index in [1.807, 2.05) is 30.3 Å². The summed E-state index contributed by atoms with van der Waals surface area (Å²) in [5.41, 5.74) is 1.71. The molecule has 130 valence electrons. The van der Waals surface area contributed by atoms with Gasteiger partial charge in [0.2, 0.25) is 0 Å². The minimum absolute atomic E-state index is 0.0521. The van der Waals surface area contributed by atoms with Crippen molar-refractivity contribution in [2.45, 2.75) is 12.6 Å². The van der Waals surface area contributed by atoms with Crippen molar-refractivity contribution < 1.29 is 9.53 Å². The van der Waals surface area contributed by atoms with E-state index < -0.39 is 0 Å². The van der Waals surface area contributed by atoms with E-state index in [0.717, 1.165) is 36.5 Å². The third kappa shape index (κ3) is 2.72. The molecule has 0 saturated carbocycles. The lowest BCUT2D eigenvalue weighted by Crippen LogP contribution is -2.32. The standard InChI is InChI=1S/C18H17Cl2N3O2/c1-25-14-5-2-4-12(10-14)17-21-8-3-9-22(21)18(24)23(17)13-6-7-15(19)16(20)11-13/h2,4-7,10-11,17H,3,8-9H2,1H3/t17-/m1/s1. The summed E-state index contributed by atoms with van der Waals surface area (Å²) >= 11 is 12.2. The van der Waals surface area contributed by atoms with Crippen LogP contribution in [0.25, 0.3) is 0 Å².